The zero-order valence-electron chi connectivity index (χ0n) is 16.6. The fourth-order valence-electron chi connectivity index (χ4n) is 3.35. The fourth-order valence-corrected chi connectivity index (χ4v) is 3.35. The smallest absolute Gasteiger partial charge is 0.323 e. The average molecular weight is 377 g/mol. The maximum Gasteiger partial charge on any atom is 0.323 e. The molecule has 2 atom stereocenters. The lowest BCUT2D eigenvalue weighted by Crippen LogP contribution is -2.34. The van der Waals surface area contributed by atoms with Gasteiger partial charge < -0.3 is 15.0 Å². The standard InChI is InChI=1S/C23H27N3O2/c1-16-19(10-7-11-20(16)17(2)22-13-26(3)15-25-22)14-28-23(27)21(24)12-18-8-5-4-6-9-18/h4-11,13,15,17,21H,12,14,24H2,1-3H3/t17-,21?/m0/s1. The highest BCUT2D eigenvalue weighted by Crippen LogP contribution is 2.27. The van der Waals surface area contributed by atoms with Crippen LogP contribution < -0.4 is 5.73 Å². The van der Waals surface area contributed by atoms with Gasteiger partial charge in [-0.3, -0.25) is 4.79 Å². The van der Waals surface area contributed by atoms with Gasteiger partial charge in [0, 0.05) is 19.2 Å². The summed E-state index contributed by atoms with van der Waals surface area (Å²) in [6.45, 7) is 4.41. The third-order valence-electron chi connectivity index (χ3n) is 5.09. The van der Waals surface area contributed by atoms with Gasteiger partial charge in [-0.15, -0.1) is 0 Å². The number of esters is 1. The van der Waals surface area contributed by atoms with Crippen LogP contribution >= 0.6 is 0 Å². The minimum atomic E-state index is -0.668. The van der Waals surface area contributed by atoms with Gasteiger partial charge in [-0.25, -0.2) is 4.98 Å². The number of imidazole rings is 1. The molecule has 28 heavy (non-hydrogen) atoms. The minimum absolute atomic E-state index is 0.164. The quantitative estimate of drug-likeness (QED) is 0.640. The molecule has 0 saturated heterocycles. The van der Waals surface area contributed by atoms with Crippen LogP contribution in [0.4, 0.5) is 0 Å². The number of ether oxygens (including phenoxy) is 1. The van der Waals surface area contributed by atoms with Crippen molar-refractivity contribution < 1.29 is 9.53 Å². The number of nitrogens with zero attached hydrogens (tertiary/aromatic N) is 2. The lowest BCUT2D eigenvalue weighted by Gasteiger charge is -2.17. The Kier molecular flexibility index (Phi) is 6.26. The Morgan fingerprint density at radius 2 is 1.93 bits per heavy atom. The Bertz CT molecular complexity index is 934. The van der Waals surface area contributed by atoms with Crippen LogP contribution in [0.5, 0.6) is 0 Å². The molecule has 0 spiro atoms. The number of aromatic nitrogens is 2. The van der Waals surface area contributed by atoms with Crippen LogP contribution in [0.25, 0.3) is 0 Å². The monoisotopic (exact) mass is 377 g/mol. The van der Waals surface area contributed by atoms with E-state index >= 15 is 0 Å². The first-order valence-corrected chi connectivity index (χ1v) is 9.48. The molecule has 2 aromatic carbocycles. The Morgan fingerprint density at radius 3 is 2.61 bits per heavy atom. The van der Waals surface area contributed by atoms with Gasteiger partial charge >= 0.3 is 5.97 Å². The highest BCUT2D eigenvalue weighted by atomic mass is 16.5. The van der Waals surface area contributed by atoms with E-state index in [1.807, 2.05) is 60.3 Å². The predicted octanol–water partition coefficient (Wildman–Crippen LogP) is 3.49. The summed E-state index contributed by atoms with van der Waals surface area (Å²) in [5.41, 5.74) is 11.3. The molecule has 0 aliphatic carbocycles. The number of hydrogen-bond donors (Lipinski definition) is 1. The molecular weight excluding hydrogens is 350 g/mol. The molecular formula is C23H27N3O2. The Morgan fingerprint density at radius 1 is 1.18 bits per heavy atom. The molecule has 0 amide bonds. The fraction of sp³-hybridized carbons (Fsp3) is 0.304. The first-order chi connectivity index (χ1) is 13.5. The number of benzene rings is 2. The molecule has 0 radical (unpaired) electrons. The van der Waals surface area contributed by atoms with E-state index in [2.05, 4.69) is 24.9 Å². The molecule has 3 aromatic rings. The molecule has 1 heterocycles. The third-order valence-corrected chi connectivity index (χ3v) is 5.09. The number of carbonyl (C=O) groups excluding carboxylic acids is 1. The predicted molar refractivity (Wildman–Crippen MR) is 110 cm³/mol. The van der Waals surface area contributed by atoms with Crippen LogP contribution in [0.2, 0.25) is 0 Å². The van der Waals surface area contributed by atoms with Crippen LogP contribution in [-0.2, 0) is 29.6 Å². The van der Waals surface area contributed by atoms with Gasteiger partial charge in [0.2, 0.25) is 0 Å². The van der Waals surface area contributed by atoms with Crippen molar-refractivity contribution in [1.29, 1.82) is 0 Å². The Hall–Kier alpha value is -2.92. The van der Waals surface area contributed by atoms with Crippen LogP contribution in [0.3, 0.4) is 0 Å². The topological polar surface area (TPSA) is 70.1 Å². The van der Waals surface area contributed by atoms with Crippen molar-refractivity contribution in [2.45, 2.75) is 38.8 Å². The number of nitrogens with two attached hydrogens (primary N) is 1. The molecule has 0 aliphatic rings. The molecule has 5 heteroatoms. The SMILES string of the molecule is Cc1c(COC(=O)C(N)Cc2ccccc2)cccc1[C@H](C)c1cn(C)cn1. The van der Waals surface area contributed by atoms with Gasteiger partial charge in [-0.2, -0.15) is 0 Å². The lowest BCUT2D eigenvalue weighted by molar-refractivity contribution is -0.146. The number of hydrogen-bond acceptors (Lipinski definition) is 4. The highest BCUT2D eigenvalue weighted by molar-refractivity contribution is 5.76. The average Bonchev–Trinajstić information content (AvgIpc) is 3.13. The lowest BCUT2D eigenvalue weighted by atomic mass is 9.91. The highest BCUT2D eigenvalue weighted by Gasteiger charge is 2.18. The van der Waals surface area contributed by atoms with Crippen molar-refractivity contribution in [3.05, 3.63) is 89.0 Å². The van der Waals surface area contributed by atoms with E-state index in [-0.39, 0.29) is 18.5 Å². The van der Waals surface area contributed by atoms with Crippen LogP contribution in [-0.4, -0.2) is 21.6 Å². The second-order valence-corrected chi connectivity index (χ2v) is 7.22. The Labute approximate surface area is 166 Å². The van der Waals surface area contributed by atoms with Gasteiger partial charge in [0.05, 0.1) is 12.0 Å². The zero-order chi connectivity index (χ0) is 20.1. The molecule has 1 aromatic heterocycles. The van der Waals surface area contributed by atoms with Crippen molar-refractivity contribution >= 4 is 5.97 Å². The van der Waals surface area contributed by atoms with E-state index in [4.69, 9.17) is 10.5 Å². The number of rotatable bonds is 7. The molecule has 0 aliphatic heterocycles. The maximum absolute atomic E-state index is 12.3. The van der Waals surface area contributed by atoms with E-state index in [0.29, 0.717) is 6.42 Å². The summed E-state index contributed by atoms with van der Waals surface area (Å²) in [6, 6.07) is 15.1. The molecule has 0 saturated carbocycles. The van der Waals surface area contributed by atoms with Crippen molar-refractivity contribution in [1.82, 2.24) is 9.55 Å². The van der Waals surface area contributed by atoms with Gasteiger partial charge in [0.25, 0.3) is 0 Å². The van der Waals surface area contributed by atoms with Gasteiger partial charge in [0.15, 0.2) is 0 Å². The zero-order valence-corrected chi connectivity index (χ0v) is 16.6. The van der Waals surface area contributed by atoms with Gasteiger partial charge in [-0.05, 0) is 35.6 Å². The Balaban J connectivity index is 1.65. The van der Waals surface area contributed by atoms with E-state index in [9.17, 15) is 4.79 Å². The molecule has 146 valence electrons. The molecule has 5 nitrogen and oxygen atoms in total. The second kappa shape index (κ2) is 8.85. The summed E-state index contributed by atoms with van der Waals surface area (Å²) in [7, 11) is 1.96. The maximum atomic E-state index is 12.3. The molecule has 2 N–H and O–H groups in total. The van der Waals surface area contributed by atoms with E-state index < -0.39 is 6.04 Å². The van der Waals surface area contributed by atoms with Crippen molar-refractivity contribution in [3.8, 4) is 0 Å². The number of carbonyl (C=O) groups is 1. The summed E-state index contributed by atoms with van der Waals surface area (Å²) < 4.78 is 7.45. The first-order valence-electron chi connectivity index (χ1n) is 9.48. The summed E-state index contributed by atoms with van der Waals surface area (Å²) in [4.78, 5) is 16.8. The first kappa shape index (κ1) is 19.8. The second-order valence-electron chi connectivity index (χ2n) is 7.22. The summed E-state index contributed by atoms with van der Waals surface area (Å²) in [5.74, 6) is -0.219. The molecule has 1 unspecified atom stereocenters. The van der Waals surface area contributed by atoms with E-state index in [1.165, 1.54) is 5.56 Å². The van der Waals surface area contributed by atoms with Crippen LogP contribution in [0.15, 0.2) is 61.1 Å². The van der Waals surface area contributed by atoms with Crippen LogP contribution in [0, 0.1) is 6.92 Å². The van der Waals surface area contributed by atoms with Gasteiger partial charge in [0.1, 0.15) is 12.6 Å². The third kappa shape index (κ3) is 4.67. The van der Waals surface area contributed by atoms with Gasteiger partial charge in [-0.1, -0.05) is 55.5 Å². The van der Waals surface area contributed by atoms with E-state index in [1.54, 1.807) is 6.33 Å². The summed E-state index contributed by atoms with van der Waals surface area (Å²) in [6.07, 6.45) is 4.30. The molecule has 0 bridgehead atoms. The van der Waals surface area contributed by atoms with Crippen molar-refractivity contribution in [2.75, 3.05) is 0 Å². The molecule has 3 rings (SSSR count). The normalized spacial score (nSPS) is 13.1. The summed E-state index contributed by atoms with van der Waals surface area (Å²) >= 11 is 0. The minimum Gasteiger partial charge on any atom is -0.460 e. The molecule has 0 fully saturated rings. The van der Waals surface area contributed by atoms with Crippen molar-refractivity contribution in [3.63, 3.8) is 0 Å². The summed E-state index contributed by atoms with van der Waals surface area (Å²) in [5, 5.41) is 0. The van der Waals surface area contributed by atoms with Crippen LogP contribution in [0.1, 0.15) is 40.8 Å². The largest absolute Gasteiger partial charge is 0.460 e. The number of aryl methyl sites for hydroxylation is 1. The van der Waals surface area contributed by atoms with Crippen molar-refractivity contribution in [2.24, 2.45) is 12.8 Å². The van der Waals surface area contributed by atoms with E-state index in [0.717, 1.165) is 22.4 Å².